The first-order chi connectivity index (χ1) is 14.8. The molecule has 0 bridgehead atoms. The number of hydrogen-bond donors (Lipinski definition) is 1. The third kappa shape index (κ3) is 4.24. The van der Waals surface area contributed by atoms with Crippen molar-refractivity contribution in [2.45, 2.75) is 40.7 Å². The van der Waals surface area contributed by atoms with Crippen molar-refractivity contribution in [1.29, 1.82) is 0 Å². The van der Waals surface area contributed by atoms with Crippen LogP contribution in [0.2, 0.25) is 0 Å². The molecule has 0 spiro atoms. The maximum Gasteiger partial charge on any atom is 0.228 e. The molecule has 0 saturated carbocycles. The van der Waals surface area contributed by atoms with Gasteiger partial charge in [0.25, 0.3) is 0 Å². The molecule has 160 valence electrons. The van der Waals surface area contributed by atoms with Gasteiger partial charge in [0.2, 0.25) is 5.91 Å². The van der Waals surface area contributed by atoms with E-state index in [-0.39, 0.29) is 5.91 Å². The van der Waals surface area contributed by atoms with Crippen molar-refractivity contribution in [3.05, 3.63) is 65.5 Å². The van der Waals surface area contributed by atoms with Gasteiger partial charge in [0, 0.05) is 36.1 Å². The summed E-state index contributed by atoms with van der Waals surface area (Å²) in [5.74, 6) is 1.38. The number of anilines is 1. The van der Waals surface area contributed by atoms with E-state index in [1.54, 1.807) is 0 Å². The average Bonchev–Trinajstić information content (AvgIpc) is 3.20. The average molecular weight is 416 g/mol. The van der Waals surface area contributed by atoms with Gasteiger partial charge in [-0.1, -0.05) is 26.0 Å². The number of benzene rings is 2. The highest BCUT2D eigenvalue weighted by atomic mass is 16.1. The quantitative estimate of drug-likeness (QED) is 0.488. The number of fused-ring (bicyclic) bond motifs is 1. The summed E-state index contributed by atoms with van der Waals surface area (Å²) in [5.41, 5.74) is 6.86. The Morgan fingerprint density at radius 2 is 1.77 bits per heavy atom. The van der Waals surface area contributed by atoms with Gasteiger partial charge in [-0.3, -0.25) is 9.48 Å². The standard InChI is InChI=1S/C25H29N5O/c1-16(2)15-30-18(4)21(17(3)28-30)14-24(31)26-20-12-10-19(11-13-20)25-27-22-8-6-7-9-23(22)29(25)5/h6-13,16H,14-15H2,1-5H3,(H,26,31). The second-order valence-electron chi connectivity index (χ2n) is 8.51. The smallest absolute Gasteiger partial charge is 0.228 e. The number of para-hydroxylation sites is 2. The molecule has 2 heterocycles. The summed E-state index contributed by atoms with van der Waals surface area (Å²) in [6.45, 7) is 9.20. The molecule has 0 aliphatic rings. The van der Waals surface area contributed by atoms with Gasteiger partial charge < -0.3 is 9.88 Å². The number of aryl methyl sites for hydroxylation is 2. The monoisotopic (exact) mass is 415 g/mol. The molecule has 1 amide bonds. The Kier molecular flexibility index (Phi) is 5.63. The summed E-state index contributed by atoms with van der Waals surface area (Å²) in [5, 5.41) is 7.62. The fraction of sp³-hybridized carbons (Fsp3) is 0.320. The molecule has 0 saturated heterocycles. The minimum atomic E-state index is -0.0363. The Balaban J connectivity index is 1.47. The van der Waals surface area contributed by atoms with Gasteiger partial charge in [-0.05, 0) is 56.2 Å². The minimum absolute atomic E-state index is 0.0363. The highest BCUT2D eigenvalue weighted by molar-refractivity contribution is 5.92. The van der Waals surface area contributed by atoms with Crippen LogP contribution in [0.1, 0.15) is 30.8 Å². The van der Waals surface area contributed by atoms with E-state index >= 15 is 0 Å². The van der Waals surface area contributed by atoms with Crippen LogP contribution < -0.4 is 5.32 Å². The number of nitrogens with one attached hydrogen (secondary N) is 1. The van der Waals surface area contributed by atoms with Gasteiger partial charge in [-0.15, -0.1) is 0 Å². The predicted molar refractivity (Wildman–Crippen MR) is 125 cm³/mol. The van der Waals surface area contributed by atoms with Gasteiger partial charge in [0.15, 0.2) is 0 Å². The molecule has 0 atom stereocenters. The molecule has 31 heavy (non-hydrogen) atoms. The van der Waals surface area contributed by atoms with Gasteiger partial charge >= 0.3 is 0 Å². The second kappa shape index (κ2) is 8.38. The Labute approximate surface area is 182 Å². The van der Waals surface area contributed by atoms with Crippen LogP contribution in [0.25, 0.3) is 22.4 Å². The van der Waals surface area contributed by atoms with Crippen molar-refractivity contribution in [1.82, 2.24) is 19.3 Å². The maximum atomic E-state index is 12.7. The first-order valence-corrected chi connectivity index (χ1v) is 10.7. The van der Waals surface area contributed by atoms with E-state index in [4.69, 9.17) is 4.98 Å². The van der Waals surface area contributed by atoms with Crippen molar-refractivity contribution in [3.63, 3.8) is 0 Å². The number of rotatable bonds is 6. The van der Waals surface area contributed by atoms with E-state index in [9.17, 15) is 4.79 Å². The summed E-state index contributed by atoms with van der Waals surface area (Å²) in [4.78, 5) is 17.4. The van der Waals surface area contributed by atoms with E-state index < -0.39 is 0 Å². The van der Waals surface area contributed by atoms with Gasteiger partial charge in [-0.25, -0.2) is 4.98 Å². The molecule has 6 heteroatoms. The molecule has 0 fully saturated rings. The summed E-state index contributed by atoms with van der Waals surface area (Å²) in [6.07, 6.45) is 0.322. The number of imidazole rings is 1. The summed E-state index contributed by atoms with van der Waals surface area (Å²) in [7, 11) is 2.02. The molecule has 4 aromatic rings. The van der Waals surface area contributed by atoms with E-state index in [0.717, 1.165) is 51.6 Å². The number of hydrogen-bond acceptors (Lipinski definition) is 3. The molecule has 0 radical (unpaired) electrons. The lowest BCUT2D eigenvalue weighted by molar-refractivity contribution is -0.115. The number of carbonyl (C=O) groups excluding carboxylic acids is 1. The zero-order valence-corrected chi connectivity index (χ0v) is 18.8. The Hall–Kier alpha value is -3.41. The number of carbonyl (C=O) groups is 1. The van der Waals surface area contributed by atoms with Crippen molar-refractivity contribution in [2.24, 2.45) is 13.0 Å². The molecular formula is C25H29N5O. The highest BCUT2D eigenvalue weighted by Gasteiger charge is 2.16. The molecule has 0 unspecified atom stereocenters. The molecule has 6 nitrogen and oxygen atoms in total. The van der Waals surface area contributed by atoms with Crippen LogP contribution in [-0.4, -0.2) is 25.2 Å². The minimum Gasteiger partial charge on any atom is -0.327 e. The first kappa shape index (κ1) is 20.8. The molecular weight excluding hydrogens is 386 g/mol. The fourth-order valence-corrected chi connectivity index (χ4v) is 3.99. The number of nitrogens with zero attached hydrogens (tertiary/aromatic N) is 4. The van der Waals surface area contributed by atoms with E-state index in [1.165, 1.54) is 0 Å². The molecule has 0 aliphatic heterocycles. The maximum absolute atomic E-state index is 12.7. The van der Waals surface area contributed by atoms with Crippen molar-refractivity contribution < 1.29 is 4.79 Å². The number of aromatic nitrogens is 4. The van der Waals surface area contributed by atoms with Gasteiger partial charge in [0.05, 0.1) is 23.1 Å². The summed E-state index contributed by atoms with van der Waals surface area (Å²) >= 11 is 0. The Bertz CT molecular complexity index is 1230. The lowest BCUT2D eigenvalue weighted by atomic mass is 10.1. The summed E-state index contributed by atoms with van der Waals surface area (Å²) < 4.78 is 4.09. The van der Waals surface area contributed by atoms with Crippen molar-refractivity contribution >= 4 is 22.6 Å². The third-order valence-electron chi connectivity index (χ3n) is 5.62. The van der Waals surface area contributed by atoms with Crippen molar-refractivity contribution in [3.8, 4) is 11.4 Å². The topological polar surface area (TPSA) is 64.7 Å². The Morgan fingerprint density at radius 3 is 2.45 bits per heavy atom. The lowest BCUT2D eigenvalue weighted by Crippen LogP contribution is -2.15. The van der Waals surface area contributed by atoms with E-state index in [2.05, 4.69) is 34.9 Å². The molecule has 1 N–H and O–H groups in total. The van der Waals surface area contributed by atoms with Crippen LogP contribution in [0, 0.1) is 19.8 Å². The second-order valence-corrected chi connectivity index (χ2v) is 8.51. The first-order valence-electron chi connectivity index (χ1n) is 10.7. The van der Waals surface area contributed by atoms with E-state index in [0.29, 0.717) is 12.3 Å². The van der Waals surface area contributed by atoms with Crippen LogP contribution in [0.4, 0.5) is 5.69 Å². The van der Waals surface area contributed by atoms with Gasteiger partial charge in [0.1, 0.15) is 5.82 Å². The van der Waals surface area contributed by atoms with E-state index in [1.807, 2.05) is 68.0 Å². The normalized spacial score (nSPS) is 11.4. The van der Waals surface area contributed by atoms with Crippen LogP contribution in [0.5, 0.6) is 0 Å². The zero-order chi connectivity index (χ0) is 22.1. The zero-order valence-electron chi connectivity index (χ0n) is 18.8. The molecule has 2 aromatic carbocycles. The highest BCUT2D eigenvalue weighted by Crippen LogP contribution is 2.25. The third-order valence-corrected chi connectivity index (χ3v) is 5.62. The largest absolute Gasteiger partial charge is 0.327 e. The Morgan fingerprint density at radius 1 is 1.06 bits per heavy atom. The van der Waals surface area contributed by atoms with Crippen molar-refractivity contribution in [2.75, 3.05) is 5.32 Å². The molecule has 0 aliphatic carbocycles. The fourth-order valence-electron chi connectivity index (χ4n) is 3.99. The van der Waals surface area contributed by atoms with Crippen LogP contribution in [-0.2, 0) is 24.8 Å². The van der Waals surface area contributed by atoms with Crippen LogP contribution >= 0.6 is 0 Å². The SMILES string of the molecule is Cc1nn(CC(C)C)c(C)c1CC(=O)Nc1ccc(-c2nc3ccccc3n2C)cc1. The van der Waals surface area contributed by atoms with Gasteiger partial charge in [-0.2, -0.15) is 5.10 Å². The van der Waals surface area contributed by atoms with Crippen LogP contribution in [0.3, 0.4) is 0 Å². The lowest BCUT2D eigenvalue weighted by Gasteiger charge is -2.09. The molecule has 4 rings (SSSR count). The summed E-state index contributed by atoms with van der Waals surface area (Å²) in [6, 6.07) is 15.9. The predicted octanol–water partition coefficient (Wildman–Crippen LogP) is 4.89. The number of amides is 1. The molecule has 2 aromatic heterocycles. The van der Waals surface area contributed by atoms with Crippen LogP contribution in [0.15, 0.2) is 48.5 Å².